The predicted molar refractivity (Wildman–Crippen MR) is 78.9 cm³/mol. The summed E-state index contributed by atoms with van der Waals surface area (Å²) in [7, 11) is -2.15. The average molecular weight is 291 g/mol. The van der Waals surface area contributed by atoms with E-state index < -0.39 is 10.0 Å². The molecule has 0 aliphatic rings. The molecule has 106 valence electrons. The Kier molecular flexibility index (Phi) is 4.06. The second kappa shape index (κ2) is 5.60. The molecule has 0 saturated carbocycles. The van der Waals surface area contributed by atoms with E-state index in [0.29, 0.717) is 17.9 Å². The largest absolute Gasteiger partial charge is 0.326 e. The van der Waals surface area contributed by atoms with Crippen LogP contribution in [0.1, 0.15) is 11.1 Å². The van der Waals surface area contributed by atoms with Crippen LogP contribution < -0.4 is 10.0 Å². The average Bonchev–Trinajstić information content (AvgIpc) is 2.47. The second-order valence-corrected chi connectivity index (χ2v) is 6.40. The molecule has 2 rings (SSSR count). The smallest absolute Gasteiger partial charge is 0.265 e. The van der Waals surface area contributed by atoms with Gasteiger partial charge in [-0.2, -0.15) is 0 Å². The van der Waals surface area contributed by atoms with Gasteiger partial charge in [-0.15, -0.1) is 0 Å². The van der Waals surface area contributed by atoms with Crippen molar-refractivity contribution in [3.63, 3.8) is 0 Å². The SMILES string of the molecule is Cc1ccc(CN)cc1S(=O)(=O)N(C)c1ccccn1. The summed E-state index contributed by atoms with van der Waals surface area (Å²) in [5.74, 6) is 0.380. The van der Waals surface area contributed by atoms with Crippen molar-refractivity contribution in [2.45, 2.75) is 18.4 Å². The summed E-state index contributed by atoms with van der Waals surface area (Å²) in [6.45, 7) is 2.07. The Balaban J connectivity index is 2.50. The molecule has 20 heavy (non-hydrogen) atoms. The van der Waals surface area contributed by atoms with Crippen LogP contribution in [0.3, 0.4) is 0 Å². The van der Waals surface area contributed by atoms with Gasteiger partial charge in [-0.05, 0) is 36.2 Å². The summed E-state index contributed by atoms with van der Waals surface area (Å²) in [6, 6.07) is 10.3. The van der Waals surface area contributed by atoms with Crippen LogP contribution in [0.25, 0.3) is 0 Å². The van der Waals surface area contributed by atoms with Crippen LogP contribution in [0, 0.1) is 6.92 Å². The van der Waals surface area contributed by atoms with Crippen molar-refractivity contribution in [1.29, 1.82) is 0 Å². The maximum absolute atomic E-state index is 12.7. The highest BCUT2D eigenvalue weighted by Gasteiger charge is 2.24. The van der Waals surface area contributed by atoms with Crippen molar-refractivity contribution >= 4 is 15.8 Å². The minimum atomic E-state index is -3.64. The standard InChI is InChI=1S/C14H17N3O2S/c1-11-6-7-12(10-15)9-13(11)20(18,19)17(2)14-5-3-4-8-16-14/h3-9H,10,15H2,1-2H3. The molecule has 0 atom stereocenters. The van der Waals surface area contributed by atoms with Crippen molar-refractivity contribution in [3.8, 4) is 0 Å². The molecule has 1 aromatic heterocycles. The lowest BCUT2D eigenvalue weighted by Gasteiger charge is -2.20. The molecular formula is C14H17N3O2S. The van der Waals surface area contributed by atoms with Gasteiger partial charge in [-0.25, -0.2) is 13.4 Å². The number of nitrogens with two attached hydrogens (primary N) is 1. The third-order valence-electron chi connectivity index (χ3n) is 3.10. The fourth-order valence-electron chi connectivity index (χ4n) is 1.86. The van der Waals surface area contributed by atoms with E-state index in [1.165, 1.54) is 11.4 Å². The maximum Gasteiger partial charge on any atom is 0.265 e. The summed E-state index contributed by atoms with van der Waals surface area (Å²) in [6.07, 6.45) is 1.56. The van der Waals surface area contributed by atoms with E-state index in [1.54, 1.807) is 43.5 Å². The van der Waals surface area contributed by atoms with Crippen LogP contribution in [0.4, 0.5) is 5.82 Å². The van der Waals surface area contributed by atoms with Crippen LogP contribution >= 0.6 is 0 Å². The Hall–Kier alpha value is -1.92. The zero-order chi connectivity index (χ0) is 14.8. The summed E-state index contributed by atoms with van der Waals surface area (Å²) < 4.78 is 26.5. The fourth-order valence-corrected chi connectivity index (χ4v) is 3.28. The molecule has 6 heteroatoms. The van der Waals surface area contributed by atoms with Gasteiger partial charge in [0.25, 0.3) is 10.0 Å². The molecule has 0 aliphatic carbocycles. The summed E-state index contributed by atoms with van der Waals surface area (Å²) in [5.41, 5.74) is 7.04. The van der Waals surface area contributed by atoms with Gasteiger partial charge in [0.15, 0.2) is 0 Å². The van der Waals surface area contributed by atoms with Crippen molar-refractivity contribution in [2.75, 3.05) is 11.4 Å². The third-order valence-corrected chi connectivity index (χ3v) is 5.00. The van der Waals surface area contributed by atoms with Gasteiger partial charge in [-0.3, -0.25) is 4.31 Å². The molecular weight excluding hydrogens is 274 g/mol. The van der Waals surface area contributed by atoms with E-state index in [-0.39, 0.29) is 4.90 Å². The molecule has 5 nitrogen and oxygen atoms in total. The van der Waals surface area contributed by atoms with Gasteiger partial charge in [0, 0.05) is 19.8 Å². The Morgan fingerprint density at radius 1 is 1.25 bits per heavy atom. The lowest BCUT2D eigenvalue weighted by atomic mass is 10.1. The first kappa shape index (κ1) is 14.5. The molecule has 1 heterocycles. The molecule has 0 bridgehead atoms. The number of pyridine rings is 1. The van der Waals surface area contributed by atoms with Crippen molar-refractivity contribution in [1.82, 2.24) is 4.98 Å². The highest BCUT2D eigenvalue weighted by atomic mass is 32.2. The minimum Gasteiger partial charge on any atom is -0.326 e. The molecule has 2 N–H and O–H groups in total. The predicted octanol–water partition coefficient (Wildman–Crippen LogP) is 1.67. The highest BCUT2D eigenvalue weighted by molar-refractivity contribution is 7.92. The zero-order valence-electron chi connectivity index (χ0n) is 11.4. The summed E-state index contributed by atoms with van der Waals surface area (Å²) in [4.78, 5) is 4.32. The highest BCUT2D eigenvalue weighted by Crippen LogP contribution is 2.23. The van der Waals surface area contributed by atoms with Gasteiger partial charge in [0.1, 0.15) is 5.82 Å². The van der Waals surface area contributed by atoms with Gasteiger partial charge in [0.05, 0.1) is 4.90 Å². The molecule has 1 aromatic carbocycles. The Morgan fingerprint density at radius 3 is 2.60 bits per heavy atom. The monoisotopic (exact) mass is 291 g/mol. The zero-order valence-corrected chi connectivity index (χ0v) is 12.3. The number of anilines is 1. The number of sulfonamides is 1. The van der Waals surface area contributed by atoms with Crippen LogP contribution in [0.15, 0.2) is 47.5 Å². The van der Waals surface area contributed by atoms with Crippen LogP contribution in [0.2, 0.25) is 0 Å². The minimum absolute atomic E-state index is 0.258. The Morgan fingerprint density at radius 2 is 2.00 bits per heavy atom. The number of nitrogens with zero attached hydrogens (tertiary/aromatic N) is 2. The molecule has 0 spiro atoms. The Labute approximate surface area is 119 Å². The van der Waals surface area contributed by atoms with Gasteiger partial charge in [-0.1, -0.05) is 18.2 Å². The maximum atomic E-state index is 12.7. The topological polar surface area (TPSA) is 76.3 Å². The first-order chi connectivity index (χ1) is 9.46. The molecule has 2 aromatic rings. The number of benzene rings is 1. The Bertz CT molecular complexity index is 700. The first-order valence-corrected chi connectivity index (χ1v) is 7.60. The molecule has 0 radical (unpaired) electrons. The van der Waals surface area contributed by atoms with Gasteiger partial charge < -0.3 is 5.73 Å². The van der Waals surface area contributed by atoms with Crippen LogP contribution in [0.5, 0.6) is 0 Å². The van der Waals surface area contributed by atoms with Crippen LogP contribution in [-0.2, 0) is 16.6 Å². The number of hydrogen-bond acceptors (Lipinski definition) is 4. The molecule has 0 saturated heterocycles. The van der Waals surface area contributed by atoms with Gasteiger partial charge in [0.2, 0.25) is 0 Å². The van der Waals surface area contributed by atoms with Crippen molar-refractivity contribution < 1.29 is 8.42 Å². The molecule has 0 fully saturated rings. The van der Waals surface area contributed by atoms with E-state index in [1.807, 2.05) is 6.07 Å². The number of hydrogen-bond donors (Lipinski definition) is 1. The lowest BCUT2D eigenvalue weighted by molar-refractivity contribution is 0.593. The van der Waals surface area contributed by atoms with E-state index in [0.717, 1.165) is 5.56 Å². The van der Waals surface area contributed by atoms with Crippen LogP contribution in [-0.4, -0.2) is 20.4 Å². The first-order valence-electron chi connectivity index (χ1n) is 6.16. The normalized spacial score (nSPS) is 11.3. The second-order valence-electron chi connectivity index (χ2n) is 4.46. The molecule has 0 unspecified atom stereocenters. The van der Waals surface area contributed by atoms with Gasteiger partial charge >= 0.3 is 0 Å². The third kappa shape index (κ3) is 2.66. The number of aryl methyl sites for hydroxylation is 1. The quantitative estimate of drug-likeness (QED) is 0.929. The number of aromatic nitrogens is 1. The lowest BCUT2D eigenvalue weighted by Crippen LogP contribution is -2.28. The van der Waals surface area contributed by atoms with E-state index >= 15 is 0 Å². The number of rotatable bonds is 4. The van der Waals surface area contributed by atoms with E-state index in [4.69, 9.17) is 5.73 Å². The fraction of sp³-hybridized carbons (Fsp3) is 0.214. The van der Waals surface area contributed by atoms with Crippen molar-refractivity contribution in [3.05, 3.63) is 53.7 Å². The summed E-state index contributed by atoms with van der Waals surface area (Å²) in [5, 5.41) is 0. The summed E-state index contributed by atoms with van der Waals surface area (Å²) >= 11 is 0. The van der Waals surface area contributed by atoms with E-state index in [2.05, 4.69) is 4.98 Å². The van der Waals surface area contributed by atoms with E-state index in [9.17, 15) is 8.42 Å². The molecule has 0 amide bonds. The van der Waals surface area contributed by atoms with Crippen molar-refractivity contribution in [2.24, 2.45) is 5.73 Å². The molecule has 0 aliphatic heterocycles.